The Balaban J connectivity index is 2.14. The van der Waals surface area contributed by atoms with Gasteiger partial charge >= 0.3 is 5.97 Å². The zero-order chi connectivity index (χ0) is 14.5. The first-order chi connectivity index (χ1) is 9.61. The van der Waals surface area contributed by atoms with Crippen molar-refractivity contribution in [1.82, 2.24) is 5.32 Å². The number of ether oxygens (including phenoxy) is 1. The molecule has 1 atom stereocenters. The summed E-state index contributed by atoms with van der Waals surface area (Å²) in [5.74, 6) is -0.553. The van der Waals surface area contributed by atoms with Crippen molar-refractivity contribution in [1.29, 1.82) is 0 Å². The molecule has 0 aliphatic rings. The first-order valence-electron chi connectivity index (χ1n) is 5.76. The molecule has 4 nitrogen and oxygen atoms in total. The van der Waals surface area contributed by atoms with Gasteiger partial charge in [-0.25, -0.2) is 0 Å². The molecular formula is C13H12BrNO3S2. The molecular weight excluding hydrogens is 362 g/mol. The van der Waals surface area contributed by atoms with E-state index in [2.05, 4.69) is 26.0 Å². The van der Waals surface area contributed by atoms with Crippen LogP contribution in [0.1, 0.15) is 27.0 Å². The first kappa shape index (κ1) is 15.2. The summed E-state index contributed by atoms with van der Waals surface area (Å²) in [6, 6.07) is 5.23. The summed E-state index contributed by atoms with van der Waals surface area (Å²) >= 11 is 6.18. The third-order valence-electron chi connectivity index (χ3n) is 2.61. The molecule has 2 heterocycles. The number of halogens is 1. The second kappa shape index (κ2) is 7.01. The molecule has 20 heavy (non-hydrogen) atoms. The normalized spacial score (nSPS) is 11.9. The number of amides is 1. The predicted molar refractivity (Wildman–Crippen MR) is 83.2 cm³/mol. The Morgan fingerprint density at radius 1 is 1.35 bits per heavy atom. The Kier molecular flexibility index (Phi) is 5.33. The minimum absolute atomic E-state index is 0.117. The molecule has 0 saturated carbocycles. The lowest BCUT2D eigenvalue weighted by molar-refractivity contribution is -0.141. The maximum atomic E-state index is 12.2. The number of carbonyl (C=O) groups is 2. The molecule has 2 rings (SSSR count). The quantitative estimate of drug-likeness (QED) is 0.814. The van der Waals surface area contributed by atoms with Crippen molar-refractivity contribution in [3.8, 4) is 0 Å². The van der Waals surface area contributed by atoms with Crippen molar-refractivity contribution in [2.24, 2.45) is 0 Å². The van der Waals surface area contributed by atoms with Gasteiger partial charge in [0.15, 0.2) is 0 Å². The second-order valence-electron chi connectivity index (χ2n) is 3.92. The fourth-order valence-corrected chi connectivity index (χ4v) is 3.87. The van der Waals surface area contributed by atoms with Crippen molar-refractivity contribution < 1.29 is 14.3 Å². The molecule has 0 saturated heterocycles. The van der Waals surface area contributed by atoms with Gasteiger partial charge in [-0.15, -0.1) is 22.7 Å². The fraction of sp³-hybridized carbons (Fsp3) is 0.231. The van der Waals surface area contributed by atoms with E-state index in [1.54, 1.807) is 0 Å². The summed E-state index contributed by atoms with van der Waals surface area (Å²) in [4.78, 5) is 25.2. The van der Waals surface area contributed by atoms with E-state index >= 15 is 0 Å². The van der Waals surface area contributed by atoms with Crippen LogP contribution in [0.5, 0.6) is 0 Å². The van der Waals surface area contributed by atoms with Gasteiger partial charge in [0, 0.05) is 9.35 Å². The van der Waals surface area contributed by atoms with Crippen LogP contribution in [0.4, 0.5) is 0 Å². The SMILES string of the molecule is COC(=O)CC(NC(=O)c1sccc1Br)c1cccs1. The monoisotopic (exact) mass is 373 g/mol. The van der Waals surface area contributed by atoms with E-state index in [0.717, 1.165) is 9.35 Å². The van der Waals surface area contributed by atoms with Crippen LogP contribution < -0.4 is 5.32 Å². The van der Waals surface area contributed by atoms with Crippen molar-refractivity contribution in [2.45, 2.75) is 12.5 Å². The van der Waals surface area contributed by atoms with Gasteiger partial charge in [-0.2, -0.15) is 0 Å². The number of hydrogen-bond acceptors (Lipinski definition) is 5. The lowest BCUT2D eigenvalue weighted by Crippen LogP contribution is -2.29. The van der Waals surface area contributed by atoms with E-state index in [-0.39, 0.29) is 24.3 Å². The van der Waals surface area contributed by atoms with E-state index in [1.165, 1.54) is 29.8 Å². The Morgan fingerprint density at radius 2 is 2.15 bits per heavy atom. The van der Waals surface area contributed by atoms with Gasteiger partial charge in [-0.3, -0.25) is 9.59 Å². The molecule has 1 N–H and O–H groups in total. The zero-order valence-corrected chi connectivity index (χ0v) is 13.8. The molecule has 1 amide bonds. The zero-order valence-electron chi connectivity index (χ0n) is 10.6. The number of hydrogen-bond donors (Lipinski definition) is 1. The number of nitrogens with one attached hydrogen (secondary N) is 1. The number of carbonyl (C=O) groups excluding carboxylic acids is 2. The Labute approximate surface area is 132 Å². The molecule has 0 aliphatic carbocycles. The van der Waals surface area contributed by atoms with Gasteiger partial charge in [0.2, 0.25) is 0 Å². The molecule has 0 spiro atoms. The average molecular weight is 374 g/mol. The molecule has 0 aliphatic heterocycles. The van der Waals surface area contributed by atoms with Gasteiger partial charge in [0.05, 0.1) is 19.6 Å². The van der Waals surface area contributed by atoms with E-state index in [1.807, 2.05) is 29.0 Å². The Hall–Kier alpha value is -1.18. The van der Waals surface area contributed by atoms with Gasteiger partial charge in [0.25, 0.3) is 5.91 Å². The van der Waals surface area contributed by atoms with Gasteiger partial charge in [-0.1, -0.05) is 6.07 Å². The van der Waals surface area contributed by atoms with Gasteiger partial charge < -0.3 is 10.1 Å². The Morgan fingerprint density at radius 3 is 2.70 bits per heavy atom. The summed E-state index contributed by atoms with van der Waals surface area (Å²) in [7, 11) is 1.34. The third kappa shape index (κ3) is 3.68. The smallest absolute Gasteiger partial charge is 0.307 e. The lowest BCUT2D eigenvalue weighted by atomic mass is 10.1. The number of thiophene rings is 2. The first-order valence-corrected chi connectivity index (χ1v) is 8.31. The fourth-order valence-electron chi connectivity index (χ4n) is 1.64. The van der Waals surface area contributed by atoms with Crippen LogP contribution in [0.25, 0.3) is 0 Å². The van der Waals surface area contributed by atoms with Crippen molar-refractivity contribution in [3.05, 3.63) is 43.2 Å². The van der Waals surface area contributed by atoms with Crippen LogP contribution in [0.2, 0.25) is 0 Å². The number of esters is 1. The summed E-state index contributed by atoms with van der Waals surface area (Å²) in [6.45, 7) is 0. The van der Waals surface area contributed by atoms with Crippen LogP contribution in [-0.4, -0.2) is 19.0 Å². The average Bonchev–Trinajstić information content (AvgIpc) is 3.08. The molecule has 0 radical (unpaired) electrons. The molecule has 1 unspecified atom stereocenters. The second-order valence-corrected chi connectivity index (χ2v) is 6.67. The van der Waals surface area contributed by atoms with Crippen molar-refractivity contribution in [2.75, 3.05) is 7.11 Å². The van der Waals surface area contributed by atoms with Crippen LogP contribution in [0.3, 0.4) is 0 Å². The summed E-state index contributed by atoms with van der Waals surface area (Å²) in [5.41, 5.74) is 0. The predicted octanol–water partition coefficient (Wildman–Crippen LogP) is 3.61. The lowest BCUT2D eigenvalue weighted by Gasteiger charge is -2.16. The van der Waals surface area contributed by atoms with Crippen molar-refractivity contribution in [3.63, 3.8) is 0 Å². The van der Waals surface area contributed by atoms with E-state index in [4.69, 9.17) is 0 Å². The summed E-state index contributed by atoms with van der Waals surface area (Å²) in [5, 5.41) is 6.62. The van der Waals surface area contributed by atoms with Crippen LogP contribution >= 0.6 is 38.6 Å². The third-order valence-corrected chi connectivity index (χ3v) is 5.44. The van der Waals surface area contributed by atoms with Crippen LogP contribution in [-0.2, 0) is 9.53 Å². The molecule has 2 aromatic rings. The van der Waals surface area contributed by atoms with E-state index in [0.29, 0.717) is 4.88 Å². The largest absolute Gasteiger partial charge is 0.469 e. The summed E-state index contributed by atoms with van der Waals surface area (Å²) in [6.07, 6.45) is 0.117. The molecule has 7 heteroatoms. The van der Waals surface area contributed by atoms with Gasteiger partial charge in [-0.05, 0) is 38.8 Å². The maximum Gasteiger partial charge on any atom is 0.307 e. The highest BCUT2D eigenvalue weighted by Crippen LogP contribution is 2.26. The topological polar surface area (TPSA) is 55.4 Å². The van der Waals surface area contributed by atoms with Gasteiger partial charge in [0.1, 0.15) is 4.88 Å². The molecule has 106 valence electrons. The highest BCUT2D eigenvalue weighted by Gasteiger charge is 2.22. The van der Waals surface area contributed by atoms with E-state index < -0.39 is 0 Å². The minimum atomic E-state index is -0.371. The molecule has 0 fully saturated rings. The highest BCUT2D eigenvalue weighted by molar-refractivity contribution is 9.10. The molecule has 0 aromatic carbocycles. The number of methoxy groups -OCH3 is 1. The van der Waals surface area contributed by atoms with Crippen LogP contribution in [0, 0.1) is 0 Å². The standard InChI is InChI=1S/C13H12BrNO3S2/c1-18-11(16)7-9(10-3-2-5-19-10)15-13(17)12-8(14)4-6-20-12/h2-6,9H,7H2,1H3,(H,15,17). The summed E-state index contributed by atoms with van der Waals surface area (Å²) < 4.78 is 5.44. The van der Waals surface area contributed by atoms with Crippen molar-refractivity contribution >= 4 is 50.5 Å². The Bertz CT molecular complexity index is 595. The molecule has 0 bridgehead atoms. The highest BCUT2D eigenvalue weighted by atomic mass is 79.9. The van der Waals surface area contributed by atoms with Crippen LogP contribution in [0.15, 0.2) is 33.4 Å². The number of rotatable bonds is 5. The minimum Gasteiger partial charge on any atom is -0.469 e. The molecule has 2 aromatic heterocycles. The van der Waals surface area contributed by atoms with E-state index in [9.17, 15) is 9.59 Å². The maximum absolute atomic E-state index is 12.2.